The van der Waals surface area contributed by atoms with E-state index in [1.807, 2.05) is 6.07 Å². The number of hydrogen-bond acceptors (Lipinski definition) is 7. The van der Waals surface area contributed by atoms with Crippen molar-refractivity contribution in [2.24, 2.45) is 0 Å². The lowest BCUT2D eigenvalue weighted by Crippen LogP contribution is -2.32. The Hall–Kier alpha value is -3.08. The summed E-state index contributed by atoms with van der Waals surface area (Å²) in [6.45, 7) is 0. The van der Waals surface area contributed by atoms with Crippen LogP contribution in [0.1, 0.15) is 30.9 Å². The molecule has 1 heterocycles. The molecule has 0 aromatic heterocycles. The van der Waals surface area contributed by atoms with Gasteiger partial charge >= 0.3 is 6.16 Å². The first-order valence-electron chi connectivity index (χ1n) is 6.80. The molecule has 1 unspecified atom stereocenters. The number of hydroxylamine groups is 2. The minimum Gasteiger partial charge on any atom is -0.497 e. The van der Waals surface area contributed by atoms with Crippen LogP contribution >= 0.6 is 0 Å². The maximum atomic E-state index is 11.7. The maximum Gasteiger partial charge on any atom is 0.534 e. The van der Waals surface area contributed by atoms with Crippen molar-refractivity contribution in [2.45, 2.75) is 25.4 Å². The average Bonchev–Trinajstić information content (AvgIpc) is 2.86. The van der Waals surface area contributed by atoms with E-state index in [0.29, 0.717) is 16.4 Å². The highest BCUT2D eigenvalue weighted by Gasteiger charge is 2.34. The van der Waals surface area contributed by atoms with Gasteiger partial charge in [0.25, 0.3) is 11.8 Å². The van der Waals surface area contributed by atoms with E-state index in [-0.39, 0.29) is 19.3 Å². The fraction of sp³-hybridized carbons (Fsp3) is 0.333. The Morgan fingerprint density at radius 3 is 2.39 bits per heavy atom. The summed E-state index contributed by atoms with van der Waals surface area (Å²) in [5.74, 6) is -0.596. The molecular formula is C15H14N2O6. The van der Waals surface area contributed by atoms with Crippen LogP contribution in [0.2, 0.25) is 0 Å². The third kappa shape index (κ3) is 3.97. The van der Waals surface area contributed by atoms with Gasteiger partial charge in [-0.2, -0.15) is 5.26 Å². The van der Waals surface area contributed by atoms with Crippen molar-refractivity contribution in [3.63, 3.8) is 0 Å². The minimum absolute atomic E-state index is 0.00772. The first-order chi connectivity index (χ1) is 11.0. The van der Waals surface area contributed by atoms with E-state index in [1.54, 1.807) is 24.3 Å². The zero-order valence-corrected chi connectivity index (χ0v) is 12.4. The Labute approximate surface area is 132 Å². The van der Waals surface area contributed by atoms with Crippen molar-refractivity contribution in [3.05, 3.63) is 29.8 Å². The lowest BCUT2D eigenvalue weighted by molar-refractivity contribution is -0.178. The molecule has 0 aliphatic carbocycles. The Kier molecular flexibility index (Phi) is 5.15. The highest BCUT2D eigenvalue weighted by Crippen LogP contribution is 2.24. The second kappa shape index (κ2) is 7.26. The van der Waals surface area contributed by atoms with Gasteiger partial charge in [0, 0.05) is 12.8 Å². The van der Waals surface area contributed by atoms with E-state index in [0.717, 1.165) is 0 Å². The molecule has 8 heteroatoms. The van der Waals surface area contributed by atoms with E-state index in [1.165, 1.54) is 7.11 Å². The van der Waals surface area contributed by atoms with Crippen LogP contribution in [-0.2, 0) is 19.2 Å². The van der Waals surface area contributed by atoms with Gasteiger partial charge in [-0.15, -0.1) is 0 Å². The van der Waals surface area contributed by atoms with E-state index >= 15 is 0 Å². The van der Waals surface area contributed by atoms with E-state index < -0.39 is 24.1 Å². The number of hydrogen-bond donors (Lipinski definition) is 0. The summed E-state index contributed by atoms with van der Waals surface area (Å²) in [6.07, 6.45) is -2.22. The van der Waals surface area contributed by atoms with Crippen molar-refractivity contribution in [3.8, 4) is 11.8 Å². The maximum absolute atomic E-state index is 11.7. The summed E-state index contributed by atoms with van der Waals surface area (Å²) >= 11 is 0. The molecule has 2 rings (SSSR count). The van der Waals surface area contributed by atoms with E-state index in [9.17, 15) is 14.4 Å². The molecule has 0 bridgehead atoms. The van der Waals surface area contributed by atoms with Crippen molar-refractivity contribution >= 4 is 18.0 Å². The molecule has 120 valence electrons. The molecular weight excluding hydrogens is 304 g/mol. The molecule has 0 spiro atoms. The quantitative estimate of drug-likeness (QED) is 0.602. The molecule has 0 radical (unpaired) electrons. The van der Waals surface area contributed by atoms with Gasteiger partial charge in [0.15, 0.2) is 0 Å². The van der Waals surface area contributed by atoms with Crippen molar-refractivity contribution in [1.82, 2.24) is 5.06 Å². The van der Waals surface area contributed by atoms with Crippen LogP contribution in [0.5, 0.6) is 5.75 Å². The summed E-state index contributed by atoms with van der Waals surface area (Å²) in [5.41, 5.74) is 0.559. The standard InChI is InChI=1S/C15H14N2O6/c1-21-11-4-2-10(3-5-11)12(8-9-16)22-15(20)23-17-13(18)6-7-14(17)19/h2-5,12H,6-8H2,1H3. The lowest BCUT2D eigenvalue weighted by atomic mass is 10.1. The van der Waals surface area contributed by atoms with Gasteiger partial charge in [0.05, 0.1) is 19.6 Å². The Bertz CT molecular complexity index is 633. The Balaban J connectivity index is 2.03. The summed E-state index contributed by atoms with van der Waals surface area (Å²) in [5, 5.41) is 9.24. The molecule has 0 N–H and O–H groups in total. The summed E-state index contributed by atoms with van der Waals surface area (Å²) in [6, 6.07) is 8.49. The SMILES string of the molecule is COc1ccc(C(CC#N)OC(=O)ON2C(=O)CCC2=O)cc1. The molecule has 1 aliphatic heterocycles. The van der Waals surface area contributed by atoms with Gasteiger partial charge in [-0.3, -0.25) is 14.4 Å². The van der Waals surface area contributed by atoms with Crippen LogP contribution in [0.3, 0.4) is 0 Å². The number of carbonyl (C=O) groups is 3. The Morgan fingerprint density at radius 1 is 1.26 bits per heavy atom. The van der Waals surface area contributed by atoms with Gasteiger partial charge in [-0.05, 0) is 17.7 Å². The Morgan fingerprint density at radius 2 is 1.87 bits per heavy atom. The zero-order valence-electron chi connectivity index (χ0n) is 12.4. The van der Waals surface area contributed by atoms with Crippen LogP contribution in [0.25, 0.3) is 0 Å². The highest BCUT2D eigenvalue weighted by molar-refractivity contribution is 6.01. The smallest absolute Gasteiger partial charge is 0.497 e. The van der Waals surface area contributed by atoms with Gasteiger partial charge in [-0.25, -0.2) is 4.79 Å². The van der Waals surface area contributed by atoms with Crippen LogP contribution < -0.4 is 4.74 Å². The molecule has 8 nitrogen and oxygen atoms in total. The highest BCUT2D eigenvalue weighted by atomic mass is 16.8. The molecule has 1 aromatic rings. The van der Waals surface area contributed by atoms with E-state index in [2.05, 4.69) is 4.84 Å². The number of ether oxygens (including phenoxy) is 2. The molecule has 1 fully saturated rings. The predicted molar refractivity (Wildman–Crippen MR) is 74.6 cm³/mol. The number of amides is 2. The fourth-order valence-corrected chi connectivity index (χ4v) is 2.00. The first-order valence-corrected chi connectivity index (χ1v) is 6.80. The molecule has 23 heavy (non-hydrogen) atoms. The van der Waals surface area contributed by atoms with Gasteiger partial charge in [0.2, 0.25) is 0 Å². The van der Waals surface area contributed by atoms with Gasteiger partial charge < -0.3 is 9.47 Å². The van der Waals surface area contributed by atoms with Gasteiger partial charge in [-0.1, -0.05) is 17.2 Å². The third-order valence-electron chi connectivity index (χ3n) is 3.17. The number of methoxy groups -OCH3 is 1. The number of carbonyl (C=O) groups excluding carboxylic acids is 3. The van der Waals surface area contributed by atoms with Crippen LogP contribution in [-0.4, -0.2) is 30.1 Å². The van der Waals surface area contributed by atoms with Crippen LogP contribution in [0, 0.1) is 11.3 Å². The summed E-state index contributed by atoms with van der Waals surface area (Å²) < 4.78 is 10.1. The topological polar surface area (TPSA) is 106 Å². The van der Waals surface area contributed by atoms with E-state index in [4.69, 9.17) is 14.7 Å². The molecule has 2 amide bonds. The molecule has 1 aromatic carbocycles. The number of rotatable bonds is 5. The third-order valence-corrected chi connectivity index (χ3v) is 3.17. The average molecular weight is 318 g/mol. The number of imide groups is 1. The predicted octanol–water partition coefficient (Wildman–Crippen LogP) is 1.87. The molecule has 1 aliphatic rings. The second-order valence-electron chi connectivity index (χ2n) is 4.67. The normalized spacial score (nSPS) is 15.0. The lowest BCUT2D eigenvalue weighted by Gasteiger charge is -2.17. The van der Waals surface area contributed by atoms with Crippen molar-refractivity contribution in [1.29, 1.82) is 5.26 Å². The molecule has 1 saturated heterocycles. The summed E-state index contributed by atoms with van der Waals surface area (Å²) in [7, 11) is 1.51. The van der Waals surface area contributed by atoms with Crippen molar-refractivity contribution in [2.75, 3.05) is 7.11 Å². The van der Waals surface area contributed by atoms with Crippen molar-refractivity contribution < 1.29 is 28.7 Å². The molecule has 0 saturated carbocycles. The van der Waals surface area contributed by atoms with Gasteiger partial charge in [0.1, 0.15) is 11.9 Å². The number of nitrogens with zero attached hydrogens (tertiary/aromatic N) is 2. The van der Waals surface area contributed by atoms with Crippen LogP contribution in [0.4, 0.5) is 4.79 Å². The molecule has 1 atom stereocenters. The zero-order chi connectivity index (χ0) is 16.8. The fourth-order valence-electron chi connectivity index (χ4n) is 2.00. The first kappa shape index (κ1) is 16.3. The summed E-state index contributed by atoms with van der Waals surface area (Å²) in [4.78, 5) is 39.1. The largest absolute Gasteiger partial charge is 0.534 e. The number of nitriles is 1. The van der Waals surface area contributed by atoms with Crippen LogP contribution in [0.15, 0.2) is 24.3 Å². The number of benzene rings is 1. The minimum atomic E-state index is -1.22. The second-order valence-corrected chi connectivity index (χ2v) is 4.67. The monoisotopic (exact) mass is 318 g/mol.